The van der Waals surface area contributed by atoms with Crippen molar-refractivity contribution < 1.29 is 4.79 Å². The molecule has 0 bridgehead atoms. The molecule has 0 saturated carbocycles. The van der Waals surface area contributed by atoms with Gasteiger partial charge in [-0.25, -0.2) is 9.97 Å². The van der Waals surface area contributed by atoms with E-state index in [2.05, 4.69) is 64.8 Å². The molecule has 1 aliphatic heterocycles. The second-order valence-corrected chi connectivity index (χ2v) is 12.6. The highest BCUT2D eigenvalue weighted by atomic mass is 32.2. The zero-order chi connectivity index (χ0) is 28.7. The maximum absolute atomic E-state index is 14.0. The van der Waals surface area contributed by atoms with Crippen LogP contribution < -0.4 is 9.80 Å². The first-order chi connectivity index (χ1) is 17.9. The number of hydrogen-bond donors (Lipinski definition) is 0. The molecule has 0 radical (unpaired) electrons. The second-order valence-electron chi connectivity index (χ2n) is 11.6. The van der Waals surface area contributed by atoms with Crippen LogP contribution in [0.5, 0.6) is 0 Å². The predicted octanol–water partition coefficient (Wildman–Crippen LogP) is 7.61. The predicted molar refractivity (Wildman–Crippen MR) is 164 cm³/mol. The number of carbonyl (C=O) groups is 1. The van der Waals surface area contributed by atoms with E-state index in [9.17, 15) is 4.79 Å². The Morgan fingerprint density at radius 1 is 1.21 bits per heavy atom. The van der Waals surface area contributed by atoms with Gasteiger partial charge in [0.05, 0.1) is 12.1 Å². The molecule has 1 amide bonds. The Morgan fingerprint density at radius 3 is 2.45 bits per heavy atom. The van der Waals surface area contributed by atoms with Crippen molar-refractivity contribution in [1.82, 2.24) is 14.3 Å². The molecule has 3 rings (SSSR count). The van der Waals surface area contributed by atoms with Gasteiger partial charge in [0.15, 0.2) is 0 Å². The molecule has 1 fully saturated rings. The number of aromatic nitrogens is 2. The molecule has 0 N–H and O–H groups in total. The maximum atomic E-state index is 14.0. The van der Waals surface area contributed by atoms with Crippen LogP contribution in [0.15, 0.2) is 48.0 Å². The fourth-order valence-corrected chi connectivity index (χ4v) is 5.70. The lowest BCUT2D eigenvalue weighted by Gasteiger charge is -2.35. The number of pyridine rings is 2. The van der Waals surface area contributed by atoms with Crippen LogP contribution in [0.3, 0.4) is 0 Å². The van der Waals surface area contributed by atoms with E-state index in [1.54, 1.807) is 10.4 Å². The van der Waals surface area contributed by atoms with Crippen LogP contribution in [0.25, 0.3) is 0 Å². The minimum atomic E-state index is -0.115. The average Bonchev–Trinajstić information content (AvgIpc) is 3.15. The molecule has 2 aromatic heterocycles. The van der Waals surface area contributed by atoms with Crippen molar-refractivity contribution in [2.75, 3.05) is 36.5 Å². The zero-order valence-electron chi connectivity index (χ0n) is 25.3. The van der Waals surface area contributed by atoms with E-state index in [4.69, 9.17) is 9.97 Å². The van der Waals surface area contributed by atoms with Crippen LogP contribution in [0.2, 0.25) is 0 Å². The fraction of sp³-hybridized carbons (Fsp3) is 0.581. The summed E-state index contributed by atoms with van der Waals surface area (Å²) in [7, 11) is 2.04. The molecule has 0 aliphatic carbocycles. The number of rotatable bonds is 9. The molecule has 0 spiro atoms. The van der Waals surface area contributed by atoms with Gasteiger partial charge in [-0.1, -0.05) is 60.6 Å². The summed E-state index contributed by atoms with van der Waals surface area (Å²) in [6, 6.07) is 9.90. The van der Waals surface area contributed by atoms with Crippen LogP contribution in [-0.2, 0) is 5.41 Å². The topological polar surface area (TPSA) is 52.6 Å². The van der Waals surface area contributed by atoms with E-state index in [1.807, 2.05) is 51.2 Å². The first-order valence-corrected chi connectivity index (χ1v) is 14.7. The molecule has 2 aromatic rings. The Morgan fingerprint density at radius 2 is 1.89 bits per heavy atom. The summed E-state index contributed by atoms with van der Waals surface area (Å²) in [5, 5.41) is 0.779. The molecule has 1 atom stereocenters. The maximum Gasteiger partial charge on any atom is 0.268 e. The van der Waals surface area contributed by atoms with E-state index in [-0.39, 0.29) is 16.9 Å². The molecular formula is C31H49N5OS. The summed E-state index contributed by atoms with van der Waals surface area (Å²) < 4.78 is 1.74. The number of nitrogens with zero attached hydrogens (tertiary/aromatic N) is 5. The SMILES string of the molecule is C=CCN(Sc1cccc(N(C)CCC)n1)C(=O)c1ccc(C(C)(C)C)nc1N1CC(C)CC1(C)C.CC. The standard InChI is InChI=1S/C29H43N5OS.C2H6/c1-10-17-32(9)24-13-12-14-25(31-24)36-34(18-11-2)27(35)22-15-16-23(28(4,5)6)30-26(22)33-20-21(3)19-29(33,7)8;1-2/h11-16,21H,2,10,17-20H2,1,3-9H3;1-2H3. The molecule has 38 heavy (non-hydrogen) atoms. The van der Waals surface area contributed by atoms with E-state index in [0.717, 1.165) is 48.3 Å². The minimum absolute atomic E-state index is 0.0753. The van der Waals surface area contributed by atoms with Gasteiger partial charge in [0.2, 0.25) is 0 Å². The Bertz CT molecular complexity index is 1080. The highest BCUT2D eigenvalue weighted by Gasteiger charge is 2.39. The van der Waals surface area contributed by atoms with Crippen molar-refractivity contribution in [1.29, 1.82) is 0 Å². The van der Waals surface area contributed by atoms with Crippen molar-refractivity contribution in [2.24, 2.45) is 5.92 Å². The van der Waals surface area contributed by atoms with E-state index in [0.29, 0.717) is 18.0 Å². The second kappa shape index (κ2) is 13.5. The van der Waals surface area contributed by atoms with Gasteiger partial charge in [-0.05, 0) is 56.9 Å². The third-order valence-electron chi connectivity index (χ3n) is 6.59. The van der Waals surface area contributed by atoms with Crippen LogP contribution in [0.1, 0.15) is 91.2 Å². The number of amides is 1. The Kier molecular flexibility index (Phi) is 11.3. The first-order valence-electron chi connectivity index (χ1n) is 14.0. The van der Waals surface area contributed by atoms with Gasteiger partial charge in [-0.15, -0.1) is 6.58 Å². The lowest BCUT2D eigenvalue weighted by atomic mass is 9.91. The first kappa shape index (κ1) is 31.7. The lowest BCUT2D eigenvalue weighted by molar-refractivity contribution is 0.0881. The van der Waals surface area contributed by atoms with Gasteiger partial charge in [-0.2, -0.15) is 0 Å². The average molecular weight is 540 g/mol. The molecule has 0 aromatic carbocycles. The molecule has 7 heteroatoms. The molecule has 6 nitrogen and oxygen atoms in total. The molecular weight excluding hydrogens is 490 g/mol. The van der Waals surface area contributed by atoms with Crippen molar-refractivity contribution >= 4 is 29.5 Å². The van der Waals surface area contributed by atoms with Crippen molar-refractivity contribution in [2.45, 2.75) is 91.1 Å². The number of carbonyl (C=O) groups excluding carboxylic acids is 1. The summed E-state index contributed by atoms with van der Waals surface area (Å²) in [6.07, 6.45) is 3.87. The van der Waals surface area contributed by atoms with E-state index in [1.165, 1.54) is 11.9 Å². The highest BCUT2D eigenvalue weighted by molar-refractivity contribution is 7.97. The van der Waals surface area contributed by atoms with Gasteiger partial charge in [-0.3, -0.25) is 9.10 Å². The Balaban J connectivity index is 0.00000247. The zero-order valence-corrected chi connectivity index (χ0v) is 26.2. The van der Waals surface area contributed by atoms with Gasteiger partial charge in [0, 0.05) is 48.7 Å². The smallest absolute Gasteiger partial charge is 0.268 e. The molecule has 1 saturated heterocycles. The van der Waals surface area contributed by atoms with Crippen LogP contribution in [-0.4, -0.2) is 52.4 Å². The van der Waals surface area contributed by atoms with Crippen molar-refractivity contribution in [3.05, 3.63) is 54.2 Å². The number of anilines is 2. The molecule has 210 valence electrons. The van der Waals surface area contributed by atoms with E-state index < -0.39 is 0 Å². The summed E-state index contributed by atoms with van der Waals surface area (Å²) in [4.78, 5) is 28.4. The highest BCUT2D eigenvalue weighted by Crippen LogP contribution is 2.39. The monoisotopic (exact) mass is 539 g/mol. The van der Waals surface area contributed by atoms with Crippen LogP contribution in [0, 0.1) is 5.92 Å². The molecule has 1 unspecified atom stereocenters. The quantitative estimate of drug-likeness (QED) is 0.241. The normalized spacial score (nSPS) is 16.5. The Labute approximate surface area is 236 Å². The largest absolute Gasteiger partial charge is 0.360 e. The molecule has 3 heterocycles. The number of hydrogen-bond acceptors (Lipinski definition) is 6. The lowest BCUT2D eigenvalue weighted by Crippen LogP contribution is -2.41. The van der Waals surface area contributed by atoms with Crippen LogP contribution >= 0.6 is 11.9 Å². The summed E-state index contributed by atoms with van der Waals surface area (Å²) in [5.41, 5.74) is 1.42. The van der Waals surface area contributed by atoms with E-state index >= 15 is 0 Å². The fourth-order valence-electron chi connectivity index (χ4n) is 4.84. The van der Waals surface area contributed by atoms with Gasteiger partial charge < -0.3 is 9.80 Å². The summed E-state index contributed by atoms with van der Waals surface area (Å²) in [5.74, 6) is 2.14. The third kappa shape index (κ3) is 7.75. The third-order valence-corrected chi connectivity index (χ3v) is 7.54. The van der Waals surface area contributed by atoms with Crippen molar-refractivity contribution in [3.8, 4) is 0 Å². The summed E-state index contributed by atoms with van der Waals surface area (Å²) in [6.45, 7) is 25.5. The Hall–Kier alpha value is -2.54. The van der Waals surface area contributed by atoms with Crippen molar-refractivity contribution in [3.63, 3.8) is 0 Å². The van der Waals surface area contributed by atoms with Gasteiger partial charge in [0.25, 0.3) is 5.91 Å². The van der Waals surface area contributed by atoms with Gasteiger partial charge >= 0.3 is 0 Å². The summed E-state index contributed by atoms with van der Waals surface area (Å²) >= 11 is 1.36. The minimum Gasteiger partial charge on any atom is -0.360 e. The molecule has 1 aliphatic rings. The van der Waals surface area contributed by atoms with Crippen LogP contribution in [0.4, 0.5) is 11.6 Å². The van der Waals surface area contributed by atoms with Gasteiger partial charge in [0.1, 0.15) is 16.7 Å².